The topological polar surface area (TPSA) is 23.8 Å². The van der Waals surface area contributed by atoms with Crippen LogP contribution in [-0.2, 0) is 0 Å². The standard InChI is InChI=1S/C12H6BrClFNS2/c1-17-12-7(5-16)10(11(14)18-12)6-2-3-9(15)8(13)4-6/h2-4H,1H3. The Kier molecular flexibility index (Phi) is 4.33. The number of rotatable bonds is 2. The Morgan fingerprint density at radius 2 is 2.22 bits per heavy atom. The third-order valence-corrected chi connectivity index (χ3v) is 5.46. The summed E-state index contributed by atoms with van der Waals surface area (Å²) in [6.07, 6.45) is 1.90. The molecule has 0 N–H and O–H groups in total. The molecular formula is C12H6BrClFNS2. The van der Waals surface area contributed by atoms with E-state index in [0.29, 0.717) is 19.9 Å². The highest BCUT2D eigenvalue weighted by molar-refractivity contribution is 9.10. The van der Waals surface area contributed by atoms with Crippen molar-refractivity contribution in [3.63, 3.8) is 0 Å². The zero-order chi connectivity index (χ0) is 13.3. The number of nitrogens with zero attached hydrogens (tertiary/aromatic N) is 1. The molecule has 2 rings (SSSR count). The lowest BCUT2D eigenvalue weighted by atomic mass is 10.1. The fourth-order valence-electron chi connectivity index (χ4n) is 1.54. The zero-order valence-electron chi connectivity index (χ0n) is 9.13. The van der Waals surface area contributed by atoms with Gasteiger partial charge in [0.1, 0.15) is 16.2 Å². The Morgan fingerprint density at radius 3 is 2.78 bits per heavy atom. The highest BCUT2D eigenvalue weighted by Gasteiger charge is 2.18. The predicted octanol–water partition coefficient (Wildman–Crippen LogP) is 5.56. The van der Waals surface area contributed by atoms with Crippen LogP contribution in [0, 0.1) is 17.1 Å². The summed E-state index contributed by atoms with van der Waals surface area (Å²) in [6, 6.07) is 6.78. The summed E-state index contributed by atoms with van der Waals surface area (Å²) < 4.78 is 15.0. The first-order valence-corrected chi connectivity index (χ1v) is 8.01. The summed E-state index contributed by atoms with van der Waals surface area (Å²) >= 11 is 12.2. The van der Waals surface area contributed by atoms with Gasteiger partial charge < -0.3 is 0 Å². The van der Waals surface area contributed by atoms with Crippen LogP contribution in [0.1, 0.15) is 5.56 Å². The van der Waals surface area contributed by atoms with Gasteiger partial charge in [-0.05, 0) is 39.9 Å². The van der Waals surface area contributed by atoms with Gasteiger partial charge in [-0.3, -0.25) is 0 Å². The van der Waals surface area contributed by atoms with Crippen LogP contribution in [-0.4, -0.2) is 6.26 Å². The number of nitriles is 1. The van der Waals surface area contributed by atoms with Crippen LogP contribution in [0.15, 0.2) is 26.9 Å². The van der Waals surface area contributed by atoms with Crippen LogP contribution in [0.25, 0.3) is 11.1 Å². The minimum absolute atomic E-state index is 0.339. The second-order valence-electron chi connectivity index (χ2n) is 3.36. The first-order chi connectivity index (χ1) is 8.58. The van der Waals surface area contributed by atoms with Gasteiger partial charge in [0.25, 0.3) is 0 Å². The average Bonchev–Trinajstić information content (AvgIpc) is 2.69. The number of halogens is 3. The van der Waals surface area contributed by atoms with E-state index in [9.17, 15) is 9.65 Å². The smallest absolute Gasteiger partial charge is 0.137 e. The molecule has 1 nitrogen and oxygen atoms in total. The largest absolute Gasteiger partial charge is 0.206 e. The van der Waals surface area contributed by atoms with Crippen molar-refractivity contribution in [2.24, 2.45) is 0 Å². The molecule has 0 radical (unpaired) electrons. The summed E-state index contributed by atoms with van der Waals surface area (Å²) in [5, 5.41) is 9.23. The quantitative estimate of drug-likeness (QED) is 0.653. The van der Waals surface area contributed by atoms with Crippen LogP contribution in [0.4, 0.5) is 4.39 Å². The summed E-state index contributed by atoms with van der Waals surface area (Å²) in [6.45, 7) is 0. The van der Waals surface area contributed by atoms with E-state index in [4.69, 9.17) is 11.6 Å². The normalized spacial score (nSPS) is 10.4. The molecule has 0 saturated heterocycles. The van der Waals surface area contributed by atoms with Crippen molar-refractivity contribution < 1.29 is 4.39 Å². The molecule has 2 aromatic rings. The summed E-state index contributed by atoms with van der Waals surface area (Å²) in [5.74, 6) is -0.339. The molecule has 0 aliphatic carbocycles. The van der Waals surface area contributed by atoms with Crippen LogP contribution in [0.5, 0.6) is 0 Å². The van der Waals surface area contributed by atoms with Crippen LogP contribution >= 0.6 is 50.6 Å². The van der Waals surface area contributed by atoms with Crippen molar-refractivity contribution in [1.82, 2.24) is 0 Å². The molecule has 0 amide bonds. The van der Waals surface area contributed by atoms with E-state index in [0.717, 1.165) is 9.77 Å². The fraction of sp³-hybridized carbons (Fsp3) is 0.0833. The fourth-order valence-corrected chi connectivity index (χ4v) is 4.16. The lowest BCUT2D eigenvalue weighted by molar-refractivity contribution is 0.621. The number of thiophene rings is 1. The Bertz CT molecular complexity index is 648. The van der Waals surface area contributed by atoms with Crippen molar-refractivity contribution in [1.29, 1.82) is 5.26 Å². The summed E-state index contributed by atoms with van der Waals surface area (Å²) in [4.78, 5) is 0. The predicted molar refractivity (Wildman–Crippen MR) is 78.9 cm³/mol. The maximum atomic E-state index is 13.2. The summed E-state index contributed by atoms with van der Waals surface area (Å²) in [7, 11) is 0. The number of hydrogen-bond acceptors (Lipinski definition) is 3. The SMILES string of the molecule is CSc1sc(Cl)c(-c2ccc(F)c(Br)c2)c1C#N. The highest BCUT2D eigenvalue weighted by atomic mass is 79.9. The molecule has 18 heavy (non-hydrogen) atoms. The van der Waals surface area contributed by atoms with E-state index in [2.05, 4.69) is 22.0 Å². The van der Waals surface area contributed by atoms with E-state index in [1.165, 1.54) is 29.2 Å². The Balaban J connectivity index is 2.67. The summed E-state index contributed by atoms with van der Waals surface area (Å²) in [5.41, 5.74) is 1.96. The second-order valence-corrected chi connectivity index (χ2v) is 6.91. The van der Waals surface area contributed by atoms with E-state index in [1.54, 1.807) is 12.1 Å². The van der Waals surface area contributed by atoms with Crippen molar-refractivity contribution in [3.05, 3.63) is 38.4 Å². The number of hydrogen-bond donors (Lipinski definition) is 0. The first kappa shape index (κ1) is 13.9. The minimum Gasteiger partial charge on any atom is -0.206 e. The number of benzene rings is 1. The monoisotopic (exact) mass is 361 g/mol. The zero-order valence-corrected chi connectivity index (χ0v) is 13.1. The van der Waals surface area contributed by atoms with E-state index < -0.39 is 0 Å². The lowest BCUT2D eigenvalue weighted by Crippen LogP contribution is -1.84. The molecule has 0 aliphatic rings. The maximum Gasteiger partial charge on any atom is 0.137 e. The van der Waals surface area contributed by atoms with Crippen LogP contribution in [0.2, 0.25) is 4.34 Å². The van der Waals surface area contributed by atoms with E-state index >= 15 is 0 Å². The molecule has 0 unspecified atom stereocenters. The van der Waals surface area contributed by atoms with Crippen LogP contribution < -0.4 is 0 Å². The molecule has 92 valence electrons. The van der Waals surface area contributed by atoms with Gasteiger partial charge in [-0.25, -0.2) is 4.39 Å². The van der Waals surface area contributed by atoms with Crippen molar-refractivity contribution in [2.45, 2.75) is 4.21 Å². The first-order valence-electron chi connectivity index (χ1n) is 4.80. The minimum atomic E-state index is -0.339. The van der Waals surface area contributed by atoms with Crippen molar-refractivity contribution in [3.8, 4) is 17.2 Å². The Hall–Kier alpha value is -0.540. The molecule has 0 aliphatic heterocycles. The Labute approximate surface area is 126 Å². The van der Waals surface area contributed by atoms with Gasteiger partial charge in [0.05, 0.1) is 14.2 Å². The molecule has 0 saturated carbocycles. The maximum absolute atomic E-state index is 13.2. The van der Waals surface area contributed by atoms with Gasteiger partial charge in [0.15, 0.2) is 0 Å². The van der Waals surface area contributed by atoms with Gasteiger partial charge >= 0.3 is 0 Å². The van der Waals surface area contributed by atoms with Gasteiger partial charge in [-0.2, -0.15) is 5.26 Å². The molecule has 0 bridgehead atoms. The molecule has 0 atom stereocenters. The average molecular weight is 363 g/mol. The second kappa shape index (κ2) is 5.62. The van der Waals surface area contributed by atoms with Crippen molar-refractivity contribution >= 4 is 50.6 Å². The van der Waals surface area contributed by atoms with Gasteiger partial charge in [-0.1, -0.05) is 17.7 Å². The lowest BCUT2D eigenvalue weighted by Gasteiger charge is -2.02. The molecule has 0 spiro atoms. The molecular weight excluding hydrogens is 357 g/mol. The molecule has 1 aromatic carbocycles. The van der Waals surface area contributed by atoms with Gasteiger partial charge in [-0.15, -0.1) is 23.1 Å². The van der Waals surface area contributed by atoms with Gasteiger partial charge in [0, 0.05) is 5.56 Å². The number of thioether (sulfide) groups is 1. The molecule has 6 heteroatoms. The highest BCUT2D eigenvalue weighted by Crippen LogP contribution is 2.44. The molecule has 1 aromatic heterocycles. The third kappa shape index (κ3) is 2.43. The van der Waals surface area contributed by atoms with Gasteiger partial charge in [0.2, 0.25) is 0 Å². The van der Waals surface area contributed by atoms with Crippen LogP contribution in [0.3, 0.4) is 0 Å². The molecule has 0 fully saturated rings. The van der Waals surface area contributed by atoms with E-state index in [1.807, 2.05) is 6.26 Å². The molecule has 1 heterocycles. The third-order valence-electron chi connectivity index (χ3n) is 2.34. The Morgan fingerprint density at radius 1 is 1.50 bits per heavy atom. The van der Waals surface area contributed by atoms with E-state index in [-0.39, 0.29) is 5.82 Å². The van der Waals surface area contributed by atoms with Crippen molar-refractivity contribution in [2.75, 3.05) is 6.26 Å².